The van der Waals surface area contributed by atoms with Crippen molar-refractivity contribution in [2.45, 2.75) is 6.92 Å². The first kappa shape index (κ1) is 13.8. The fourth-order valence-electron chi connectivity index (χ4n) is 2.19. The standard InChI is InChI=1S/C16H14N4O2/c1-9-3-2-4-12-13(9)15(21)22-16(20-12)19-11-7-5-10(6-8-11)14(17)18/h2-8H,1H3,(H3,17,18)(H,19,20). The van der Waals surface area contributed by atoms with Crippen molar-refractivity contribution in [3.8, 4) is 0 Å². The van der Waals surface area contributed by atoms with Crippen LogP contribution >= 0.6 is 0 Å². The molecular formula is C16H14N4O2. The van der Waals surface area contributed by atoms with E-state index >= 15 is 0 Å². The molecule has 0 unspecified atom stereocenters. The van der Waals surface area contributed by atoms with E-state index in [2.05, 4.69) is 10.3 Å². The molecule has 0 fully saturated rings. The van der Waals surface area contributed by atoms with Crippen LogP contribution in [-0.2, 0) is 0 Å². The first-order chi connectivity index (χ1) is 10.5. The molecule has 3 rings (SSSR count). The number of rotatable bonds is 3. The Kier molecular flexibility index (Phi) is 3.34. The van der Waals surface area contributed by atoms with Gasteiger partial charge in [0.2, 0.25) is 0 Å². The molecule has 1 heterocycles. The van der Waals surface area contributed by atoms with Crippen LogP contribution in [-0.4, -0.2) is 10.8 Å². The normalized spacial score (nSPS) is 10.6. The lowest BCUT2D eigenvalue weighted by Gasteiger charge is -2.06. The van der Waals surface area contributed by atoms with Gasteiger partial charge in [-0.2, -0.15) is 4.98 Å². The van der Waals surface area contributed by atoms with Crippen molar-refractivity contribution >= 4 is 28.4 Å². The number of amidine groups is 1. The number of hydrogen-bond donors (Lipinski definition) is 3. The predicted octanol–water partition coefficient (Wildman–Crippen LogP) is 2.52. The number of hydrogen-bond acceptors (Lipinski definition) is 5. The zero-order valence-electron chi connectivity index (χ0n) is 11.9. The molecule has 6 nitrogen and oxygen atoms in total. The highest BCUT2D eigenvalue weighted by atomic mass is 16.4. The number of nitrogens with one attached hydrogen (secondary N) is 2. The van der Waals surface area contributed by atoms with Gasteiger partial charge in [-0.1, -0.05) is 12.1 Å². The third-order valence-corrected chi connectivity index (χ3v) is 3.31. The number of nitrogen functional groups attached to an aromatic ring is 1. The SMILES string of the molecule is Cc1cccc2nc(Nc3ccc(C(=N)N)cc3)oc(=O)c12. The van der Waals surface area contributed by atoms with Gasteiger partial charge in [0, 0.05) is 11.3 Å². The number of nitrogens with zero attached hydrogens (tertiary/aromatic N) is 1. The van der Waals surface area contributed by atoms with Crippen LogP contribution in [0.3, 0.4) is 0 Å². The first-order valence-electron chi connectivity index (χ1n) is 6.66. The van der Waals surface area contributed by atoms with E-state index in [4.69, 9.17) is 15.6 Å². The highest BCUT2D eigenvalue weighted by Crippen LogP contribution is 2.18. The maximum Gasteiger partial charge on any atom is 0.348 e. The van der Waals surface area contributed by atoms with E-state index in [-0.39, 0.29) is 11.9 Å². The lowest BCUT2D eigenvalue weighted by molar-refractivity contribution is 0.521. The summed E-state index contributed by atoms with van der Waals surface area (Å²) < 4.78 is 5.21. The van der Waals surface area contributed by atoms with Crippen LogP contribution in [0.25, 0.3) is 10.9 Å². The molecule has 110 valence electrons. The third kappa shape index (κ3) is 2.54. The Morgan fingerprint density at radius 3 is 2.64 bits per heavy atom. The van der Waals surface area contributed by atoms with Crippen molar-refractivity contribution in [2.24, 2.45) is 5.73 Å². The molecular weight excluding hydrogens is 280 g/mol. The van der Waals surface area contributed by atoms with E-state index in [1.807, 2.05) is 19.1 Å². The smallest absolute Gasteiger partial charge is 0.348 e. The maximum absolute atomic E-state index is 12.1. The summed E-state index contributed by atoms with van der Waals surface area (Å²) in [4.78, 5) is 16.4. The minimum atomic E-state index is -0.425. The van der Waals surface area contributed by atoms with Gasteiger partial charge in [-0.25, -0.2) is 4.79 Å². The Hall–Kier alpha value is -3.15. The number of nitrogens with two attached hydrogens (primary N) is 1. The predicted molar refractivity (Wildman–Crippen MR) is 85.8 cm³/mol. The fourth-order valence-corrected chi connectivity index (χ4v) is 2.19. The van der Waals surface area contributed by atoms with Crippen LogP contribution in [0.5, 0.6) is 0 Å². The van der Waals surface area contributed by atoms with E-state index in [0.717, 1.165) is 5.56 Å². The highest BCUT2D eigenvalue weighted by molar-refractivity contribution is 5.95. The summed E-state index contributed by atoms with van der Waals surface area (Å²) in [6.45, 7) is 1.84. The van der Waals surface area contributed by atoms with E-state index in [9.17, 15) is 4.79 Å². The molecule has 0 amide bonds. The number of aromatic nitrogens is 1. The van der Waals surface area contributed by atoms with Gasteiger partial charge < -0.3 is 15.5 Å². The molecule has 0 bridgehead atoms. The van der Waals surface area contributed by atoms with Gasteiger partial charge in [0.05, 0.1) is 10.9 Å². The Morgan fingerprint density at radius 1 is 1.23 bits per heavy atom. The second kappa shape index (κ2) is 5.33. The van der Waals surface area contributed by atoms with Crippen molar-refractivity contribution in [2.75, 3.05) is 5.32 Å². The average molecular weight is 294 g/mol. The van der Waals surface area contributed by atoms with Crippen LogP contribution in [0.1, 0.15) is 11.1 Å². The summed E-state index contributed by atoms with van der Waals surface area (Å²) in [7, 11) is 0. The van der Waals surface area contributed by atoms with Gasteiger partial charge in [-0.05, 0) is 42.8 Å². The molecule has 2 aromatic carbocycles. The second-order valence-corrected chi connectivity index (χ2v) is 4.89. The molecule has 0 aliphatic carbocycles. The van der Waals surface area contributed by atoms with Crippen molar-refractivity contribution in [1.82, 2.24) is 4.98 Å². The molecule has 0 spiro atoms. The van der Waals surface area contributed by atoms with E-state index in [0.29, 0.717) is 22.2 Å². The number of benzene rings is 2. The van der Waals surface area contributed by atoms with E-state index in [1.54, 1.807) is 30.3 Å². The molecule has 0 radical (unpaired) electrons. The zero-order valence-corrected chi connectivity index (χ0v) is 11.9. The van der Waals surface area contributed by atoms with E-state index in [1.165, 1.54) is 0 Å². The minimum Gasteiger partial charge on any atom is -0.388 e. The molecule has 0 aliphatic rings. The molecule has 3 aromatic rings. The fraction of sp³-hybridized carbons (Fsp3) is 0.0625. The molecule has 1 aromatic heterocycles. The second-order valence-electron chi connectivity index (χ2n) is 4.89. The number of aryl methyl sites for hydroxylation is 1. The molecule has 6 heteroatoms. The summed E-state index contributed by atoms with van der Waals surface area (Å²) in [6, 6.07) is 12.5. The Bertz CT molecular complexity index is 914. The summed E-state index contributed by atoms with van der Waals surface area (Å²) in [6.07, 6.45) is 0. The Balaban J connectivity index is 1.97. The van der Waals surface area contributed by atoms with Crippen LogP contribution in [0.15, 0.2) is 51.7 Å². The van der Waals surface area contributed by atoms with Gasteiger partial charge in [-0.15, -0.1) is 0 Å². The van der Waals surface area contributed by atoms with Crippen molar-refractivity contribution in [1.29, 1.82) is 5.41 Å². The van der Waals surface area contributed by atoms with Crippen molar-refractivity contribution < 1.29 is 4.42 Å². The lowest BCUT2D eigenvalue weighted by atomic mass is 10.1. The minimum absolute atomic E-state index is 0.00242. The summed E-state index contributed by atoms with van der Waals surface area (Å²) in [5, 5.41) is 10.8. The summed E-state index contributed by atoms with van der Waals surface area (Å²) in [5.74, 6) is -0.00242. The lowest BCUT2D eigenvalue weighted by Crippen LogP contribution is -2.10. The largest absolute Gasteiger partial charge is 0.388 e. The van der Waals surface area contributed by atoms with Gasteiger partial charge in [0.15, 0.2) is 0 Å². The number of anilines is 2. The summed E-state index contributed by atoms with van der Waals surface area (Å²) >= 11 is 0. The topological polar surface area (TPSA) is 105 Å². The van der Waals surface area contributed by atoms with Crippen LogP contribution in [0.4, 0.5) is 11.7 Å². The molecule has 22 heavy (non-hydrogen) atoms. The number of fused-ring (bicyclic) bond motifs is 1. The van der Waals surface area contributed by atoms with Gasteiger partial charge in [-0.3, -0.25) is 5.41 Å². The Morgan fingerprint density at radius 2 is 1.95 bits per heavy atom. The van der Waals surface area contributed by atoms with Gasteiger partial charge in [0.1, 0.15) is 5.84 Å². The van der Waals surface area contributed by atoms with Crippen molar-refractivity contribution in [3.63, 3.8) is 0 Å². The third-order valence-electron chi connectivity index (χ3n) is 3.31. The van der Waals surface area contributed by atoms with Gasteiger partial charge in [0.25, 0.3) is 0 Å². The zero-order chi connectivity index (χ0) is 15.7. The van der Waals surface area contributed by atoms with E-state index < -0.39 is 5.63 Å². The molecule has 0 aliphatic heterocycles. The van der Waals surface area contributed by atoms with Crippen molar-refractivity contribution in [3.05, 3.63) is 64.0 Å². The maximum atomic E-state index is 12.1. The Labute approximate surface area is 126 Å². The van der Waals surface area contributed by atoms with Crippen LogP contribution in [0.2, 0.25) is 0 Å². The highest BCUT2D eigenvalue weighted by Gasteiger charge is 2.08. The van der Waals surface area contributed by atoms with Crippen LogP contribution < -0.4 is 16.7 Å². The molecule has 0 saturated heterocycles. The van der Waals surface area contributed by atoms with Crippen LogP contribution in [0, 0.1) is 12.3 Å². The average Bonchev–Trinajstić information content (AvgIpc) is 2.47. The first-order valence-corrected chi connectivity index (χ1v) is 6.66. The molecule has 0 saturated carbocycles. The molecule has 0 atom stereocenters. The quantitative estimate of drug-likeness (QED) is 0.508. The van der Waals surface area contributed by atoms with Gasteiger partial charge >= 0.3 is 11.6 Å². The monoisotopic (exact) mass is 294 g/mol. The summed E-state index contributed by atoms with van der Waals surface area (Å²) in [5.41, 5.74) is 7.70. The molecule has 4 N–H and O–H groups in total.